The zero-order valence-electron chi connectivity index (χ0n) is 11.1. The summed E-state index contributed by atoms with van der Waals surface area (Å²) in [5.41, 5.74) is 3.91. The Morgan fingerprint density at radius 3 is 2.58 bits per heavy atom. The summed E-state index contributed by atoms with van der Waals surface area (Å²) < 4.78 is 10.8. The van der Waals surface area contributed by atoms with Gasteiger partial charge in [0.25, 0.3) is 0 Å². The van der Waals surface area contributed by atoms with Gasteiger partial charge in [-0.15, -0.1) is 11.3 Å². The third-order valence-corrected chi connectivity index (χ3v) is 3.79. The minimum absolute atomic E-state index is 0.0781. The lowest BCUT2D eigenvalue weighted by atomic mass is 10.1. The lowest BCUT2D eigenvalue weighted by Crippen LogP contribution is -2.28. The molecule has 1 aromatic carbocycles. The molecule has 2 aromatic rings. The molecule has 19 heavy (non-hydrogen) atoms. The molecule has 1 unspecified atom stereocenters. The molecule has 3 N–H and O–H groups in total. The van der Waals surface area contributed by atoms with Crippen LogP contribution in [0.4, 0.5) is 0 Å². The maximum atomic E-state index is 5.69. The molecule has 102 valence electrons. The van der Waals surface area contributed by atoms with Crippen LogP contribution >= 0.6 is 11.3 Å². The number of ether oxygens (including phenoxy) is 2. The van der Waals surface area contributed by atoms with Crippen LogP contribution in [0.1, 0.15) is 23.4 Å². The van der Waals surface area contributed by atoms with Crippen molar-refractivity contribution >= 4 is 11.3 Å². The first kappa shape index (κ1) is 13.9. The summed E-state index contributed by atoms with van der Waals surface area (Å²) in [6.45, 7) is 2.63. The van der Waals surface area contributed by atoms with Crippen LogP contribution in [-0.2, 0) is 0 Å². The summed E-state index contributed by atoms with van der Waals surface area (Å²) in [6.07, 6.45) is 0. The van der Waals surface area contributed by atoms with Crippen molar-refractivity contribution in [1.82, 2.24) is 5.43 Å². The molecule has 0 aliphatic heterocycles. The Labute approximate surface area is 117 Å². The van der Waals surface area contributed by atoms with E-state index in [4.69, 9.17) is 15.3 Å². The Kier molecular flexibility index (Phi) is 4.79. The van der Waals surface area contributed by atoms with Crippen LogP contribution in [0.15, 0.2) is 35.7 Å². The molecular formula is C14H18N2O2S. The second-order valence-corrected chi connectivity index (χ2v) is 4.90. The number of rotatable bonds is 6. The molecule has 0 spiro atoms. The fourth-order valence-corrected chi connectivity index (χ4v) is 2.88. The molecule has 5 heteroatoms. The van der Waals surface area contributed by atoms with Crippen LogP contribution < -0.4 is 20.7 Å². The van der Waals surface area contributed by atoms with E-state index >= 15 is 0 Å². The number of nitrogens with two attached hydrogens (primary N) is 1. The number of methoxy groups -OCH3 is 1. The highest BCUT2D eigenvalue weighted by molar-refractivity contribution is 7.10. The smallest absolute Gasteiger partial charge is 0.134 e. The van der Waals surface area contributed by atoms with Gasteiger partial charge in [0.05, 0.1) is 24.6 Å². The van der Waals surface area contributed by atoms with Crippen LogP contribution in [0, 0.1) is 0 Å². The van der Waals surface area contributed by atoms with Crippen molar-refractivity contribution in [2.75, 3.05) is 13.7 Å². The van der Waals surface area contributed by atoms with E-state index in [-0.39, 0.29) is 6.04 Å². The Bertz CT molecular complexity index is 510. The Morgan fingerprint density at radius 2 is 2.00 bits per heavy atom. The largest absolute Gasteiger partial charge is 0.496 e. The van der Waals surface area contributed by atoms with Crippen LogP contribution in [0.2, 0.25) is 0 Å². The molecule has 1 atom stereocenters. The van der Waals surface area contributed by atoms with E-state index in [1.807, 2.05) is 42.6 Å². The van der Waals surface area contributed by atoms with Gasteiger partial charge in [0.15, 0.2) is 0 Å². The monoisotopic (exact) mass is 278 g/mol. The summed E-state index contributed by atoms with van der Waals surface area (Å²) in [6, 6.07) is 9.78. The number of hydrogen-bond donors (Lipinski definition) is 2. The first-order valence-electron chi connectivity index (χ1n) is 6.10. The van der Waals surface area contributed by atoms with Crippen LogP contribution in [0.25, 0.3) is 0 Å². The van der Waals surface area contributed by atoms with Gasteiger partial charge in [0, 0.05) is 0 Å². The van der Waals surface area contributed by atoms with Gasteiger partial charge in [-0.3, -0.25) is 5.84 Å². The van der Waals surface area contributed by atoms with E-state index in [0.29, 0.717) is 6.61 Å². The third kappa shape index (κ3) is 3.07. The summed E-state index contributed by atoms with van der Waals surface area (Å²) in [7, 11) is 1.66. The number of hydrogen-bond acceptors (Lipinski definition) is 5. The van der Waals surface area contributed by atoms with Crippen molar-refractivity contribution in [3.63, 3.8) is 0 Å². The second kappa shape index (κ2) is 6.56. The standard InChI is InChI=1S/C14H18N2O2S/c1-3-18-11-6-4-10(5-7-11)13(16-15)14-12(17-2)8-9-19-14/h4-9,13,16H,3,15H2,1-2H3. The normalized spacial score (nSPS) is 12.2. The maximum Gasteiger partial charge on any atom is 0.134 e. The van der Waals surface area contributed by atoms with E-state index < -0.39 is 0 Å². The quantitative estimate of drug-likeness (QED) is 0.630. The fraction of sp³-hybridized carbons (Fsp3) is 0.286. The fourth-order valence-electron chi connectivity index (χ4n) is 1.93. The summed E-state index contributed by atoms with van der Waals surface area (Å²) in [5.74, 6) is 7.40. The third-order valence-electron chi connectivity index (χ3n) is 2.83. The van der Waals surface area contributed by atoms with Gasteiger partial charge < -0.3 is 9.47 Å². The molecule has 0 fully saturated rings. The van der Waals surface area contributed by atoms with Crippen molar-refractivity contribution in [1.29, 1.82) is 0 Å². The molecule has 2 rings (SSSR count). The topological polar surface area (TPSA) is 56.5 Å². The maximum absolute atomic E-state index is 5.69. The van der Waals surface area contributed by atoms with Crippen LogP contribution in [-0.4, -0.2) is 13.7 Å². The van der Waals surface area contributed by atoms with E-state index in [1.54, 1.807) is 18.4 Å². The van der Waals surface area contributed by atoms with E-state index in [9.17, 15) is 0 Å². The van der Waals surface area contributed by atoms with E-state index in [1.165, 1.54) is 0 Å². The lowest BCUT2D eigenvalue weighted by molar-refractivity contribution is 0.340. The molecule has 0 saturated carbocycles. The predicted molar refractivity (Wildman–Crippen MR) is 77.6 cm³/mol. The van der Waals surface area contributed by atoms with Crippen LogP contribution in [0.5, 0.6) is 11.5 Å². The van der Waals surface area contributed by atoms with Crippen molar-refractivity contribution < 1.29 is 9.47 Å². The number of nitrogens with one attached hydrogen (secondary N) is 1. The SMILES string of the molecule is CCOc1ccc(C(NN)c2sccc2OC)cc1. The molecule has 1 heterocycles. The lowest BCUT2D eigenvalue weighted by Gasteiger charge is -2.17. The van der Waals surface area contributed by atoms with Gasteiger partial charge >= 0.3 is 0 Å². The Hall–Kier alpha value is -1.56. The average Bonchev–Trinajstić information content (AvgIpc) is 2.90. The van der Waals surface area contributed by atoms with Gasteiger partial charge in [0.1, 0.15) is 11.5 Å². The van der Waals surface area contributed by atoms with Crippen molar-refractivity contribution in [3.05, 3.63) is 46.2 Å². The van der Waals surface area contributed by atoms with Crippen LogP contribution in [0.3, 0.4) is 0 Å². The highest BCUT2D eigenvalue weighted by atomic mass is 32.1. The van der Waals surface area contributed by atoms with Gasteiger partial charge in [-0.05, 0) is 36.1 Å². The zero-order valence-corrected chi connectivity index (χ0v) is 11.9. The molecule has 0 amide bonds. The Morgan fingerprint density at radius 1 is 1.26 bits per heavy atom. The van der Waals surface area contributed by atoms with Gasteiger partial charge in [-0.1, -0.05) is 12.1 Å². The van der Waals surface area contributed by atoms with Gasteiger partial charge in [-0.25, -0.2) is 5.43 Å². The molecule has 1 aromatic heterocycles. The van der Waals surface area contributed by atoms with Gasteiger partial charge in [0.2, 0.25) is 0 Å². The highest BCUT2D eigenvalue weighted by Gasteiger charge is 2.18. The zero-order chi connectivity index (χ0) is 13.7. The predicted octanol–water partition coefficient (Wildman–Crippen LogP) is 2.71. The van der Waals surface area contributed by atoms with Crippen molar-refractivity contribution in [2.24, 2.45) is 5.84 Å². The second-order valence-electron chi connectivity index (χ2n) is 3.95. The number of benzene rings is 1. The molecule has 0 aliphatic rings. The van der Waals surface area contributed by atoms with Crippen molar-refractivity contribution in [3.8, 4) is 11.5 Å². The molecular weight excluding hydrogens is 260 g/mol. The number of thiophene rings is 1. The highest BCUT2D eigenvalue weighted by Crippen LogP contribution is 2.34. The van der Waals surface area contributed by atoms with Gasteiger partial charge in [-0.2, -0.15) is 0 Å². The summed E-state index contributed by atoms with van der Waals surface area (Å²) >= 11 is 1.62. The Balaban J connectivity index is 2.26. The molecule has 0 aliphatic carbocycles. The molecule has 0 bridgehead atoms. The average molecular weight is 278 g/mol. The van der Waals surface area contributed by atoms with E-state index in [2.05, 4.69) is 5.43 Å². The molecule has 0 saturated heterocycles. The molecule has 4 nitrogen and oxygen atoms in total. The van der Waals surface area contributed by atoms with E-state index in [0.717, 1.165) is 21.9 Å². The van der Waals surface area contributed by atoms with Crippen molar-refractivity contribution in [2.45, 2.75) is 13.0 Å². The minimum Gasteiger partial charge on any atom is -0.496 e. The first-order chi connectivity index (χ1) is 9.30. The minimum atomic E-state index is -0.0781. The molecule has 0 radical (unpaired) electrons. The summed E-state index contributed by atoms with van der Waals surface area (Å²) in [4.78, 5) is 1.06. The summed E-state index contributed by atoms with van der Waals surface area (Å²) in [5, 5.41) is 1.99. The number of hydrazine groups is 1. The first-order valence-corrected chi connectivity index (χ1v) is 6.98.